The maximum atomic E-state index is 5.53. The van der Waals surface area contributed by atoms with E-state index < -0.39 is 0 Å². The predicted octanol–water partition coefficient (Wildman–Crippen LogP) is 4.94. The van der Waals surface area contributed by atoms with Crippen molar-refractivity contribution in [2.75, 3.05) is 6.54 Å². The van der Waals surface area contributed by atoms with E-state index in [-0.39, 0.29) is 6.04 Å². The molecule has 0 fully saturated rings. The minimum Gasteiger partial charge on any atom is -0.372 e. The van der Waals surface area contributed by atoms with Gasteiger partial charge in [-0.1, -0.05) is 25.1 Å². The van der Waals surface area contributed by atoms with Gasteiger partial charge >= 0.3 is 0 Å². The number of thiophene rings is 1. The quantitative estimate of drug-likeness (QED) is 0.810. The first kappa shape index (κ1) is 15.2. The number of halogens is 1. The molecule has 0 spiro atoms. The maximum Gasteiger partial charge on any atom is 0.0725 e. The van der Waals surface area contributed by atoms with Crippen molar-refractivity contribution in [3.8, 4) is 0 Å². The van der Waals surface area contributed by atoms with Crippen LogP contribution < -0.4 is 5.32 Å². The molecule has 1 atom stereocenters. The van der Waals surface area contributed by atoms with Gasteiger partial charge in [0.05, 0.1) is 19.3 Å². The molecule has 1 aromatic heterocycles. The fourth-order valence-electron chi connectivity index (χ4n) is 2.67. The minimum atomic E-state index is 0.269. The summed E-state index contributed by atoms with van der Waals surface area (Å²) in [7, 11) is 0. The lowest BCUT2D eigenvalue weighted by Gasteiger charge is -2.18. The Morgan fingerprint density at radius 3 is 2.81 bits per heavy atom. The van der Waals surface area contributed by atoms with Crippen molar-refractivity contribution in [2.24, 2.45) is 0 Å². The highest BCUT2D eigenvalue weighted by Gasteiger charge is 2.19. The van der Waals surface area contributed by atoms with Crippen molar-refractivity contribution in [1.29, 1.82) is 0 Å². The maximum absolute atomic E-state index is 5.53. The SMILES string of the molecule is CCCNC(c1ccc2c(c1)COC2)c1cc(Br)c(C)s1. The second-order valence-electron chi connectivity index (χ2n) is 5.46. The minimum absolute atomic E-state index is 0.269. The lowest BCUT2D eigenvalue weighted by Crippen LogP contribution is -2.22. The molecule has 0 saturated carbocycles. The molecule has 0 radical (unpaired) electrons. The van der Waals surface area contributed by atoms with Gasteiger partial charge in [0, 0.05) is 14.2 Å². The average Bonchev–Trinajstić information content (AvgIpc) is 3.06. The topological polar surface area (TPSA) is 21.3 Å². The first-order chi connectivity index (χ1) is 10.2. The van der Waals surface area contributed by atoms with E-state index in [4.69, 9.17) is 4.74 Å². The molecule has 0 aliphatic carbocycles. The van der Waals surface area contributed by atoms with E-state index in [1.165, 1.54) is 30.9 Å². The summed E-state index contributed by atoms with van der Waals surface area (Å²) >= 11 is 5.50. The van der Waals surface area contributed by atoms with Crippen LogP contribution in [0, 0.1) is 6.92 Å². The molecular weight excluding hydrogens is 346 g/mol. The van der Waals surface area contributed by atoms with Crippen LogP contribution in [0.3, 0.4) is 0 Å². The molecule has 2 aromatic rings. The summed E-state index contributed by atoms with van der Waals surface area (Å²) in [6, 6.07) is 9.28. The molecule has 112 valence electrons. The molecule has 2 nitrogen and oxygen atoms in total. The summed E-state index contributed by atoms with van der Waals surface area (Å²) in [6.45, 7) is 6.89. The number of hydrogen-bond acceptors (Lipinski definition) is 3. The van der Waals surface area contributed by atoms with Crippen LogP contribution in [0.1, 0.15) is 45.8 Å². The summed E-state index contributed by atoms with van der Waals surface area (Å²) in [5, 5.41) is 3.68. The molecular formula is C17H20BrNOS. The van der Waals surface area contributed by atoms with Crippen molar-refractivity contribution in [3.63, 3.8) is 0 Å². The van der Waals surface area contributed by atoms with E-state index in [0.29, 0.717) is 0 Å². The highest BCUT2D eigenvalue weighted by molar-refractivity contribution is 9.10. The molecule has 1 aliphatic heterocycles. The number of rotatable bonds is 5. The summed E-state index contributed by atoms with van der Waals surface area (Å²) in [4.78, 5) is 2.70. The first-order valence-electron chi connectivity index (χ1n) is 7.37. The molecule has 1 N–H and O–H groups in total. The van der Waals surface area contributed by atoms with E-state index in [1.807, 2.05) is 11.3 Å². The molecule has 0 saturated heterocycles. The molecule has 3 rings (SSSR count). The molecule has 2 heterocycles. The van der Waals surface area contributed by atoms with Gasteiger partial charge in [-0.05, 0) is 58.6 Å². The number of nitrogens with one attached hydrogen (secondary N) is 1. The van der Waals surface area contributed by atoms with Gasteiger partial charge < -0.3 is 10.1 Å². The Balaban J connectivity index is 1.95. The summed E-state index contributed by atoms with van der Waals surface area (Å²) < 4.78 is 6.74. The smallest absolute Gasteiger partial charge is 0.0725 e. The van der Waals surface area contributed by atoms with Crippen LogP contribution in [0.25, 0.3) is 0 Å². The molecule has 1 aromatic carbocycles. The second kappa shape index (κ2) is 6.61. The second-order valence-corrected chi connectivity index (χ2v) is 7.60. The van der Waals surface area contributed by atoms with Crippen molar-refractivity contribution in [2.45, 2.75) is 39.5 Å². The van der Waals surface area contributed by atoms with Crippen LogP contribution in [0.5, 0.6) is 0 Å². The third kappa shape index (κ3) is 3.24. The lowest BCUT2D eigenvalue weighted by molar-refractivity contribution is 0.134. The Morgan fingerprint density at radius 1 is 1.29 bits per heavy atom. The van der Waals surface area contributed by atoms with E-state index in [0.717, 1.165) is 26.2 Å². The Morgan fingerprint density at radius 2 is 2.10 bits per heavy atom. The molecule has 1 unspecified atom stereocenters. The van der Waals surface area contributed by atoms with Crippen LogP contribution in [0.15, 0.2) is 28.7 Å². The molecule has 0 amide bonds. The van der Waals surface area contributed by atoms with E-state index in [9.17, 15) is 0 Å². The highest BCUT2D eigenvalue weighted by atomic mass is 79.9. The van der Waals surface area contributed by atoms with Gasteiger partial charge in [0.15, 0.2) is 0 Å². The van der Waals surface area contributed by atoms with E-state index in [1.54, 1.807) is 0 Å². The molecule has 1 aliphatic rings. The van der Waals surface area contributed by atoms with Crippen LogP contribution in [0.4, 0.5) is 0 Å². The Hall–Kier alpha value is -0.680. The lowest BCUT2D eigenvalue weighted by atomic mass is 10.00. The van der Waals surface area contributed by atoms with Gasteiger partial charge in [-0.15, -0.1) is 11.3 Å². The highest BCUT2D eigenvalue weighted by Crippen LogP contribution is 2.35. The number of hydrogen-bond donors (Lipinski definition) is 1. The van der Waals surface area contributed by atoms with Gasteiger partial charge in [-0.25, -0.2) is 0 Å². The summed E-state index contributed by atoms with van der Waals surface area (Å²) in [5.41, 5.74) is 4.00. The largest absolute Gasteiger partial charge is 0.372 e. The monoisotopic (exact) mass is 365 g/mol. The number of fused-ring (bicyclic) bond motifs is 1. The van der Waals surface area contributed by atoms with Crippen LogP contribution in [-0.2, 0) is 18.0 Å². The van der Waals surface area contributed by atoms with Crippen molar-refractivity contribution in [1.82, 2.24) is 5.32 Å². The Kier molecular flexibility index (Phi) is 4.79. The fourth-order valence-corrected chi connectivity index (χ4v) is 4.33. The van der Waals surface area contributed by atoms with Crippen molar-refractivity contribution in [3.05, 3.63) is 55.2 Å². The summed E-state index contributed by atoms with van der Waals surface area (Å²) in [6.07, 6.45) is 1.13. The van der Waals surface area contributed by atoms with Crippen molar-refractivity contribution >= 4 is 27.3 Å². The van der Waals surface area contributed by atoms with Gasteiger partial charge in [-0.3, -0.25) is 0 Å². The van der Waals surface area contributed by atoms with Crippen LogP contribution >= 0.6 is 27.3 Å². The van der Waals surface area contributed by atoms with E-state index in [2.05, 4.69) is 59.4 Å². The van der Waals surface area contributed by atoms with E-state index >= 15 is 0 Å². The zero-order valence-corrected chi connectivity index (χ0v) is 14.8. The van der Waals surface area contributed by atoms with Gasteiger partial charge in [0.2, 0.25) is 0 Å². The van der Waals surface area contributed by atoms with Gasteiger partial charge in [-0.2, -0.15) is 0 Å². The third-order valence-corrected chi connectivity index (χ3v) is 6.04. The molecule has 21 heavy (non-hydrogen) atoms. The van der Waals surface area contributed by atoms with Crippen molar-refractivity contribution < 1.29 is 4.74 Å². The molecule has 4 heteroatoms. The average molecular weight is 366 g/mol. The Bertz CT molecular complexity index is 618. The van der Waals surface area contributed by atoms with Gasteiger partial charge in [0.25, 0.3) is 0 Å². The van der Waals surface area contributed by atoms with Crippen LogP contribution in [-0.4, -0.2) is 6.54 Å². The predicted molar refractivity (Wildman–Crippen MR) is 91.8 cm³/mol. The zero-order chi connectivity index (χ0) is 14.8. The number of aryl methyl sites for hydroxylation is 1. The van der Waals surface area contributed by atoms with Gasteiger partial charge in [0.1, 0.15) is 0 Å². The third-order valence-electron chi connectivity index (χ3n) is 3.84. The molecule has 0 bridgehead atoms. The standard InChI is InChI=1S/C17H20BrNOS/c1-3-6-19-17(16-8-15(18)11(2)21-16)12-4-5-13-9-20-10-14(13)7-12/h4-5,7-8,17,19H,3,6,9-10H2,1-2H3. The zero-order valence-electron chi connectivity index (χ0n) is 12.4. The number of ether oxygens (including phenoxy) is 1. The fraction of sp³-hybridized carbons (Fsp3) is 0.412. The van der Waals surface area contributed by atoms with Crippen LogP contribution in [0.2, 0.25) is 0 Å². The summed E-state index contributed by atoms with van der Waals surface area (Å²) in [5.74, 6) is 0. The number of benzene rings is 1. The Labute approximate surface area is 138 Å². The first-order valence-corrected chi connectivity index (χ1v) is 8.98. The normalized spacial score (nSPS) is 15.2.